The van der Waals surface area contributed by atoms with Gasteiger partial charge in [-0.25, -0.2) is 9.78 Å². The highest BCUT2D eigenvalue weighted by Crippen LogP contribution is 2.45. The van der Waals surface area contributed by atoms with Crippen LogP contribution in [0, 0.1) is 13.8 Å². The summed E-state index contributed by atoms with van der Waals surface area (Å²) in [5.41, 5.74) is 9.74. The summed E-state index contributed by atoms with van der Waals surface area (Å²) in [4.78, 5) is 32.7. The van der Waals surface area contributed by atoms with Crippen molar-refractivity contribution in [1.82, 2.24) is 14.5 Å². The van der Waals surface area contributed by atoms with Gasteiger partial charge in [0.15, 0.2) is 0 Å². The van der Waals surface area contributed by atoms with Crippen LogP contribution in [0.15, 0.2) is 66.7 Å². The smallest absolute Gasteiger partial charge is 0.335 e. The number of carboxylic acid groups (broad SMARTS) is 1. The van der Waals surface area contributed by atoms with Crippen LogP contribution in [-0.2, 0) is 16.1 Å². The monoisotopic (exact) mass is 601 g/mol. The number of fused-ring (bicyclic) bond motifs is 2. The van der Waals surface area contributed by atoms with Crippen LogP contribution in [0.1, 0.15) is 65.1 Å². The molecule has 2 fully saturated rings. The molecule has 7 heteroatoms. The number of hydrogen-bond acceptors (Lipinski definition) is 4. The molecule has 5 aromatic rings. The fourth-order valence-electron chi connectivity index (χ4n) is 7.17. The lowest BCUT2D eigenvalue weighted by atomic mass is 9.81. The maximum atomic E-state index is 13.8. The summed E-state index contributed by atoms with van der Waals surface area (Å²) < 4.78 is 7.59. The zero-order valence-corrected chi connectivity index (χ0v) is 26.0. The van der Waals surface area contributed by atoms with E-state index in [0.717, 1.165) is 57.2 Å². The SMILES string of the molecule is Cc1ccc(-c2ccc3cc(-c4c(C5CCCCC5)c5ccc(C(=O)O)cc5n4CC(=O)N4CCOCC4)ccc3n2)cc1C. The molecule has 0 unspecified atom stereocenters. The van der Waals surface area contributed by atoms with E-state index in [-0.39, 0.29) is 18.0 Å². The van der Waals surface area contributed by atoms with Gasteiger partial charge in [0.05, 0.1) is 41.2 Å². The van der Waals surface area contributed by atoms with Crippen molar-refractivity contribution in [2.45, 2.75) is 58.4 Å². The molecule has 0 bridgehead atoms. The third-order valence-electron chi connectivity index (χ3n) is 9.79. The van der Waals surface area contributed by atoms with E-state index in [1.54, 1.807) is 12.1 Å². The van der Waals surface area contributed by atoms with Crippen molar-refractivity contribution in [3.05, 3.63) is 89.0 Å². The van der Waals surface area contributed by atoms with Crippen LogP contribution in [0.25, 0.3) is 44.3 Å². The minimum Gasteiger partial charge on any atom is -0.478 e. The number of aromatic nitrogens is 2. The Labute approximate surface area is 263 Å². The largest absolute Gasteiger partial charge is 0.478 e. The molecule has 1 N–H and O–H groups in total. The first-order valence-electron chi connectivity index (χ1n) is 16.1. The van der Waals surface area contributed by atoms with E-state index in [1.807, 2.05) is 11.0 Å². The number of ether oxygens (including phenoxy) is 1. The first-order chi connectivity index (χ1) is 21.9. The van der Waals surface area contributed by atoms with Crippen molar-refractivity contribution in [2.24, 2.45) is 0 Å². The van der Waals surface area contributed by atoms with Gasteiger partial charge in [-0.3, -0.25) is 4.79 Å². The minimum atomic E-state index is -0.971. The van der Waals surface area contributed by atoms with Crippen molar-refractivity contribution in [1.29, 1.82) is 0 Å². The summed E-state index contributed by atoms with van der Waals surface area (Å²) in [7, 11) is 0. The van der Waals surface area contributed by atoms with Crippen LogP contribution in [0.2, 0.25) is 0 Å². The zero-order valence-electron chi connectivity index (χ0n) is 26.0. The molecule has 1 aliphatic heterocycles. The quantitative estimate of drug-likeness (QED) is 0.215. The maximum absolute atomic E-state index is 13.8. The number of carboxylic acids is 1. The molecule has 1 amide bonds. The van der Waals surface area contributed by atoms with Gasteiger partial charge >= 0.3 is 5.97 Å². The molecule has 2 aromatic heterocycles. The minimum absolute atomic E-state index is 0.0212. The third kappa shape index (κ3) is 5.61. The number of rotatable bonds is 6. The molecule has 7 nitrogen and oxygen atoms in total. The molecular weight excluding hydrogens is 562 g/mol. The number of morpholine rings is 1. The van der Waals surface area contributed by atoms with Crippen molar-refractivity contribution >= 4 is 33.7 Å². The molecule has 45 heavy (non-hydrogen) atoms. The Kier molecular flexibility index (Phi) is 7.88. The van der Waals surface area contributed by atoms with Gasteiger partial charge in [-0.15, -0.1) is 0 Å². The summed E-state index contributed by atoms with van der Waals surface area (Å²) in [5, 5.41) is 12.0. The van der Waals surface area contributed by atoms with Crippen molar-refractivity contribution < 1.29 is 19.4 Å². The number of nitrogens with zero attached hydrogens (tertiary/aromatic N) is 3. The lowest BCUT2D eigenvalue weighted by molar-refractivity contribution is -0.135. The Morgan fingerprint density at radius 1 is 0.867 bits per heavy atom. The van der Waals surface area contributed by atoms with E-state index in [0.29, 0.717) is 32.2 Å². The lowest BCUT2D eigenvalue weighted by Crippen LogP contribution is -2.42. The van der Waals surface area contributed by atoms with E-state index >= 15 is 0 Å². The van der Waals surface area contributed by atoms with Gasteiger partial charge in [0.1, 0.15) is 6.54 Å². The summed E-state index contributed by atoms with van der Waals surface area (Å²) in [6.45, 7) is 6.57. The number of pyridine rings is 1. The molecule has 0 atom stereocenters. The van der Waals surface area contributed by atoms with Crippen LogP contribution >= 0.6 is 0 Å². The Bertz CT molecular complexity index is 1930. The molecule has 7 rings (SSSR count). The van der Waals surface area contributed by atoms with Gasteiger partial charge in [-0.05, 0) is 91.3 Å². The fourth-order valence-corrected chi connectivity index (χ4v) is 7.17. The molecule has 0 radical (unpaired) electrons. The van der Waals surface area contributed by atoms with Gasteiger partial charge < -0.3 is 19.3 Å². The Morgan fingerprint density at radius 2 is 1.64 bits per heavy atom. The van der Waals surface area contributed by atoms with E-state index in [1.165, 1.54) is 36.0 Å². The molecule has 1 saturated carbocycles. The van der Waals surface area contributed by atoms with Crippen LogP contribution in [-0.4, -0.2) is 57.7 Å². The van der Waals surface area contributed by atoms with Crippen molar-refractivity contribution in [3.63, 3.8) is 0 Å². The highest BCUT2D eigenvalue weighted by atomic mass is 16.5. The highest BCUT2D eigenvalue weighted by molar-refractivity contribution is 6.00. The standard InChI is InChI=1S/C38H39N3O4/c1-24-8-9-27(20-25(24)2)32-14-11-28-21-29(12-15-33(28)39-32)37-36(26-6-4-3-5-7-26)31-13-10-30(38(43)44)22-34(31)41(37)23-35(42)40-16-18-45-19-17-40/h8-15,20-22,26H,3-7,16-19,23H2,1-2H3,(H,43,44). The number of carbonyl (C=O) groups excluding carboxylic acids is 1. The van der Waals surface area contributed by atoms with E-state index < -0.39 is 5.97 Å². The second-order valence-corrected chi connectivity index (χ2v) is 12.6. The Balaban J connectivity index is 1.40. The highest BCUT2D eigenvalue weighted by Gasteiger charge is 2.29. The predicted octanol–water partition coefficient (Wildman–Crippen LogP) is 7.75. The average Bonchev–Trinajstić information content (AvgIpc) is 3.39. The van der Waals surface area contributed by atoms with Crippen molar-refractivity contribution in [3.8, 4) is 22.5 Å². The Hall–Kier alpha value is -4.49. The number of aromatic carboxylic acids is 1. The van der Waals surface area contributed by atoms with E-state index in [9.17, 15) is 14.7 Å². The Morgan fingerprint density at radius 3 is 2.40 bits per heavy atom. The fraction of sp³-hybridized carbons (Fsp3) is 0.342. The summed E-state index contributed by atoms with van der Waals surface area (Å²) in [6.07, 6.45) is 5.73. The van der Waals surface area contributed by atoms with E-state index in [2.05, 4.69) is 66.9 Å². The molecule has 230 valence electrons. The third-order valence-corrected chi connectivity index (χ3v) is 9.79. The lowest BCUT2D eigenvalue weighted by Gasteiger charge is -2.28. The van der Waals surface area contributed by atoms with Gasteiger partial charge in [-0.1, -0.05) is 49.6 Å². The number of aryl methyl sites for hydroxylation is 2. The van der Waals surface area contributed by atoms with Gasteiger partial charge in [0, 0.05) is 29.4 Å². The van der Waals surface area contributed by atoms with Crippen LogP contribution in [0.4, 0.5) is 0 Å². The van der Waals surface area contributed by atoms with Crippen LogP contribution in [0.5, 0.6) is 0 Å². The van der Waals surface area contributed by atoms with Crippen LogP contribution in [0.3, 0.4) is 0 Å². The molecule has 1 aliphatic carbocycles. The number of carbonyl (C=O) groups is 2. The number of benzene rings is 3. The summed E-state index contributed by atoms with van der Waals surface area (Å²) in [5.74, 6) is -0.609. The molecule has 0 spiro atoms. The normalized spacial score (nSPS) is 16.0. The first kappa shape index (κ1) is 29.2. The molecule has 2 aliphatic rings. The van der Waals surface area contributed by atoms with Crippen LogP contribution < -0.4 is 0 Å². The maximum Gasteiger partial charge on any atom is 0.335 e. The molecule has 1 saturated heterocycles. The average molecular weight is 602 g/mol. The first-order valence-corrected chi connectivity index (χ1v) is 16.1. The van der Waals surface area contributed by atoms with Gasteiger partial charge in [-0.2, -0.15) is 0 Å². The number of hydrogen-bond donors (Lipinski definition) is 1. The topological polar surface area (TPSA) is 84.7 Å². The molecule has 3 heterocycles. The second-order valence-electron chi connectivity index (χ2n) is 12.6. The van der Waals surface area contributed by atoms with E-state index in [4.69, 9.17) is 9.72 Å². The second kappa shape index (κ2) is 12.1. The summed E-state index contributed by atoms with van der Waals surface area (Å²) >= 11 is 0. The number of amides is 1. The molecule has 3 aromatic carbocycles. The summed E-state index contributed by atoms with van der Waals surface area (Å²) in [6, 6.07) is 22.4. The zero-order chi connectivity index (χ0) is 31.1. The van der Waals surface area contributed by atoms with Gasteiger partial charge in [0.2, 0.25) is 5.91 Å². The van der Waals surface area contributed by atoms with Crippen molar-refractivity contribution in [2.75, 3.05) is 26.3 Å². The molecular formula is C38H39N3O4. The van der Waals surface area contributed by atoms with Gasteiger partial charge in [0.25, 0.3) is 0 Å². The predicted molar refractivity (Wildman–Crippen MR) is 178 cm³/mol.